The maximum absolute atomic E-state index is 11.1. The van der Waals surface area contributed by atoms with Gasteiger partial charge in [-0.25, -0.2) is 4.79 Å². The molecule has 0 fully saturated rings. The minimum atomic E-state index is -2.88. The van der Waals surface area contributed by atoms with Gasteiger partial charge in [0.1, 0.15) is 10.5 Å². The van der Waals surface area contributed by atoms with E-state index in [1.54, 1.807) is 0 Å². The lowest BCUT2D eigenvalue weighted by Crippen LogP contribution is -2.41. The van der Waals surface area contributed by atoms with Crippen LogP contribution in [0.2, 0.25) is 0 Å². The number of carboxylic acid groups (broad SMARTS) is 1. The third-order valence-electron chi connectivity index (χ3n) is 1.04. The van der Waals surface area contributed by atoms with E-state index in [2.05, 4.69) is 0 Å². The quantitative estimate of drug-likeness (QED) is 0.788. The Labute approximate surface area is 99.9 Å². The summed E-state index contributed by atoms with van der Waals surface area (Å²) >= 11 is 11.5. The second-order valence-corrected chi connectivity index (χ2v) is 4.02. The van der Waals surface area contributed by atoms with Crippen LogP contribution in [0.4, 0.5) is 0 Å². The van der Waals surface area contributed by atoms with E-state index < -0.39 is 24.8 Å². The molecule has 0 spiro atoms. The van der Waals surface area contributed by atoms with Gasteiger partial charge in [-0.05, 0) is 0 Å². The normalized spacial score (nSPS) is 15.7. The standard InChI is InChI=1S/C7H9Cl2NO3S/c1-4(11)10-5(7(12)13)2-14-3-6(8)9/h3,5H,2H2,1H3,(H,10,11)(H,12,13)/t5-/m0/s1/i1D3. The highest BCUT2D eigenvalue weighted by Crippen LogP contribution is 2.14. The SMILES string of the molecule is [2H]C([2H])([2H])C(=O)N[C@@H](CSC=C(Cl)Cl)C(=O)O. The third-order valence-corrected chi connectivity index (χ3v) is 2.44. The molecular weight excluding hydrogens is 249 g/mol. The molecule has 0 aromatic rings. The molecule has 0 bridgehead atoms. The summed E-state index contributed by atoms with van der Waals surface area (Å²) in [4.78, 5) is 21.8. The summed E-state index contributed by atoms with van der Waals surface area (Å²) in [5.41, 5.74) is 0. The highest BCUT2D eigenvalue weighted by atomic mass is 35.5. The van der Waals surface area contributed by atoms with Crippen LogP contribution in [0.15, 0.2) is 9.90 Å². The summed E-state index contributed by atoms with van der Waals surface area (Å²) in [5, 5.41) is 11.9. The monoisotopic (exact) mass is 260 g/mol. The van der Waals surface area contributed by atoms with E-state index in [0.29, 0.717) is 0 Å². The van der Waals surface area contributed by atoms with Crippen molar-refractivity contribution < 1.29 is 18.8 Å². The first kappa shape index (κ1) is 8.88. The average Bonchev–Trinajstić information content (AvgIpc) is 2.13. The van der Waals surface area contributed by atoms with Crippen LogP contribution in [0.1, 0.15) is 11.0 Å². The lowest BCUT2D eigenvalue weighted by atomic mass is 10.3. The van der Waals surface area contributed by atoms with Gasteiger partial charge in [-0.2, -0.15) is 0 Å². The van der Waals surface area contributed by atoms with Crippen LogP contribution < -0.4 is 5.32 Å². The Balaban J connectivity index is 4.41. The zero-order chi connectivity index (χ0) is 13.6. The van der Waals surface area contributed by atoms with Crippen molar-refractivity contribution in [2.24, 2.45) is 0 Å². The van der Waals surface area contributed by atoms with Crippen LogP contribution in [0.5, 0.6) is 0 Å². The van der Waals surface area contributed by atoms with Gasteiger partial charge in [-0.1, -0.05) is 23.2 Å². The molecule has 4 nitrogen and oxygen atoms in total. The van der Waals surface area contributed by atoms with Crippen molar-refractivity contribution in [3.05, 3.63) is 9.90 Å². The molecular formula is C7H9Cl2NO3S. The number of carbonyl (C=O) groups is 2. The first-order valence-electron chi connectivity index (χ1n) is 4.81. The molecule has 0 radical (unpaired) electrons. The van der Waals surface area contributed by atoms with E-state index in [4.69, 9.17) is 32.4 Å². The lowest BCUT2D eigenvalue weighted by Gasteiger charge is -2.10. The highest BCUT2D eigenvalue weighted by molar-refractivity contribution is 8.02. The Morgan fingerprint density at radius 1 is 1.71 bits per heavy atom. The van der Waals surface area contributed by atoms with E-state index in [1.165, 1.54) is 5.41 Å². The minimum Gasteiger partial charge on any atom is -0.480 e. The fourth-order valence-electron chi connectivity index (χ4n) is 0.540. The molecule has 7 heteroatoms. The lowest BCUT2D eigenvalue weighted by molar-refractivity contribution is -0.140. The molecule has 0 aliphatic carbocycles. The maximum Gasteiger partial charge on any atom is 0.327 e. The van der Waals surface area contributed by atoms with Gasteiger partial charge < -0.3 is 10.4 Å². The Morgan fingerprint density at radius 2 is 2.36 bits per heavy atom. The summed E-state index contributed by atoms with van der Waals surface area (Å²) in [6.45, 7) is -2.88. The van der Waals surface area contributed by atoms with Gasteiger partial charge in [0.2, 0.25) is 5.91 Å². The van der Waals surface area contributed by atoms with Crippen molar-refractivity contribution >= 4 is 46.8 Å². The second kappa shape index (κ2) is 6.98. The molecule has 0 heterocycles. The third kappa shape index (κ3) is 7.06. The largest absolute Gasteiger partial charge is 0.480 e. The Kier molecular flexibility index (Phi) is 4.43. The highest BCUT2D eigenvalue weighted by Gasteiger charge is 2.17. The van der Waals surface area contributed by atoms with Crippen LogP contribution in [0, 0.1) is 0 Å². The van der Waals surface area contributed by atoms with Crippen molar-refractivity contribution in [2.45, 2.75) is 12.9 Å². The Bertz CT molecular complexity index is 331. The van der Waals surface area contributed by atoms with Crippen molar-refractivity contribution in [3.8, 4) is 0 Å². The van der Waals surface area contributed by atoms with E-state index in [1.807, 2.05) is 5.32 Å². The molecule has 0 saturated heterocycles. The van der Waals surface area contributed by atoms with Gasteiger partial charge in [0.25, 0.3) is 0 Å². The fourth-order valence-corrected chi connectivity index (χ4v) is 1.56. The number of thioether (sulfide) groups is 1. The van der Waals surface area contributed by atoms with Gasteiger partial charge in [0, 0.05) is 22.1 Å². The van der Waals surface area contributed by atoms with Crippen molar-refractivity contribution in [3.63, 3.8) is 0 Å². The molecule has 2 N–H and O–H groups in total. The summed E-state index contributed by atoms with van der Waals surface area (Å²) in [6, 6.07) is -1.32. The first-order chi connectivity index (χ1) is 7.64. The van der Waals surface area contributed by atoms with Crippen LogP contribution in [0.3, 0.4) is 0 Å². The summed E-state index contributed by atoms with van der Waals surface area (Å²) < 4.78 is 20.3. The molecule has 0 rings (SSSR count). The summed E-state index contributed by atoms with van der Waals surface area (Å²) in [5.74, 6) is -2.74. The number of hydrogen-bond donors (Lipinski definition) is 2. The van der Waals surface area contributed by atoms with Gasteiger partial charge in [-0.15, -0.1) is 11.8 Å². The number of hydrogen-bond acceptors (Lipinski definition) is 3. The number of rotatable bonds is 5. The molecule has 0 unspecified atom stereocenters. The average molecular weight is 261 g/mol. The predicted molar refractivity (Wildman–Crippen MR) is 57.5 cm³/mol. The zero-order valence-corrected chi connectivity index (χ0v) is 9.12. The number of nitrogens with one attached hydrogen (secondary N) is 1. The van der Waals surface area contributed by atoms with E-state index in [9.17, 15) is 9.59 Å². The molecule has 80 valence electrons. The molecule has 0 aromatic carbocycles. The molecule has 0 aromatic heterocycles. The second-order valence-electron chi connectivity index (χ2n) is 2.11. The molecule has 0 aliphatic rings. The maximum atomic E-state index is 11.1. The van der Waals surface area contributed by atoms with Gasteiger partial charge >= 0.3 is 5.97 Å². The Hall–Kier alpha value is -0.390. The number of amides is 1. The van der Waals surface area contributed by atoms with E-state index in [-0.39, 0.29) is 10.2 Å². The van der Waals surface area contributed by atoms with Gasteiger partial charge in [-0.3, -0.25) is 4.79 Å². The minimum absolute atomic E-state index is 0.0544. The van der Waals surface area contributed by atoms with Crippen LogP contribution in [-0.2, 0) is 9.59 Å². The molecule has 1 atom stereocenters. The molecule has 14 heavy (non-hydrogen) atoms. The van der Waals surface area contributed by atoms with Gasteiger partial charge in [0.05, 0.1) is 0 Å². The first-order valence-corrected chi connectivity index (χ1v) is 5.11. The summed E-state index contributed by atoms with van der Waals surface area (Å²) in [6.07, 6.45) is 0. The van der Waals surface area contributed by atoms with Crippen LogP contribution in [0.25, 0.3) is 0 Å². The van der Waals surface area contributed by atoms with Gasteiger partial charge in [0.15, 0.2) is 0 Å². The van der Waals surface area contributed by atoms with Crippen LogP contribution >= 0.6 is 35.0 Å². The fraction of sp³-hybridized carbons (Fsp3) is 0.429. The van der Waals surface area contributed by atoms with Crippen molar-refractivity contribution in [2.75, 3.05) is 5.75 Å². The number of aliphatic carboxylic acids is 1. The van der Waals surface area contributed by atoms with Crippen LogP contribution in [-0.4, -0.2) is 28.8 Å². The zero-order valence-electron chi connectivity index (χ0n) is 9.79. The van der Waals surface area contributed by atoms with Crippen molar-refractivity contribution in [1.29, 1.82) is 0 Å². The van der Waals surface area contributed by atoms with E-state index in [0.717, 1.165) is 11.8 Å². The molecule has 1 amide bonds. The number of carboxylic acids is 1. The smallest absolute Gasteiger partial charge is 0.327 e. The predicted octanol–water partition coefficient (Wildman–Crippen LogP) is 1.59. The van der Waals surface area contributed by atoms with E-state index >= 15 is 0 Å². The Morgan fingerprint density at radius 3 is 2.79 bits per heavy atom. The summed E-state index contributed by atoms with van der Waals surface area (Å²) in [7, 11) is 0. The topological polar surface area (TPSA) is 66.4 Å². The number of halogens is 2. The number of carbonyl (C=O) groups excluding carboxylic acids is 1. The molecule has 0 aliphatic heterocycles. The van der Waals surface area contributed by atoms with Crippen molar-refractivity contribution in [1.82, 2.24) is 5.32 Å². The molecule has 0 saturated carbocycles.